The topological polar surface area (TPSA) is 97.1 Å². The van der Waals surface area contributed by atoms with Crippen LogP contribution in [0.2, 0.25) is 0 Å². The van der Waals surface area contributed by atoms with Crippen molar-refractivity contribution in [2.75, 3.05) is 12.3 Å². The number of hydrogen-bond donors (Lipinski definition) is 2. The van der Waals surface area contributed by atoms with E-state index in [4.69, 9.17) is 4.42 Å². The summed E-state index contributed by atoms with van der Waals surface area (Å²) in [5.41, 5.74) is 1.93. The second-order valence-corrected chi connectivity index (χ2v) is 6.46. The molecule has 7 nitrogen and oxygen atoms in total. The average molecular weight is 348 g/mol. The molecule has 0 aliphatic heterocycles. The van der Waals surface area contributed by atoms with Crippen molar-refractivity contribution in [1.29, 1.82) is 0 Å². The molecule has 24 heavy (non-hydrogen) atoms. The number of rotatable bonds is 7. The molecule has 0 unspecified atom stereocenters. The van der Waals surface area contributed by atoms with Crippen molar-refractivity contribution >= 4 is 23.6 Å². The predicted molar refractivity (Wildman–Crippen MR) is 91.5 cm³/mol. The molecule has 1 aromatic heterocycles. The minimum atomic E-state index is -0.269. The zero-order valence-electron chi connectivity index (χ0n) is 13.8. The van der Waals surface area contributed by atoms with Crippen LogP contribution >= 0.6 is 11.8 Å². The monoisotopic (exact) mass is 348 g/mol. The molecule has 2 rings (SSSR count). The summed E-state index contributed by atoms with van der Waals surface area (Å²) in [6, 6.07) is 7.77. The van der Waals surface area contributed by atoms with Gasteiger partial charge in [0.2, 0.25) is 17.7 Å². The molecular formula is C16H20N4O3S. The van der Waals surface area contributed by atoms with Gasteiger partial charge in [-0.2, -0.15) is 0 Å². The zero-order chi connectivity index (χ0) is 17.5. The van der Waals surface area contributed by atoms with Crippen LogP contribution in [-0.4, -0.2) is 40.4 Å². The van der Waals surface area contributed by atoms with Gasteiger partial charge in [0, 0.05) is 11.6 Å². The van der Waals surface area contributed by atoms with E-state index in [1.807, 2.05) is 45.0 Å². The number of nitrogens with one attached hydrogen (secondary N) is 2. The van der Waals surface area contributed by atoms with Gasteiger partial charge < -0.3 is 15.1 Å². The molecule has 0 atom stereocenters. The Morgan fingerprint density at radius 3 is 2.75 bits per heavy atom. The minimum Gasteiger partial charge on any atom is -0.411 e. The first-order valence-corrected chi connectivity index (χ1v) is 8.52. The molecule has 0 saturated carbocycles. The lowest BCUT2D eigenvalue weighted by molar-refractivity contribution is -0.125. The highest BCUT2D eigenvalue weighted by molar-refractivity contribution is 7.99. The smallest absolute Gasteiger partial charge is 0.277 e. The molecule has 0 bridgehead atoms. The summed E-state index contributed by atoms with van der Waals surface area (Å²) in [6.45, 7) is 5.65. The largest absolute Gasteiger partial charge is 0.411 e. The van der Waals surface area contributed by atoms with Crippen LogP contribution in [0.25, 0.3) is 11.5 Å². The molecule has 8 heteroatoms. The molecule has 2 amide bonds. The molecule has 0 saturated heterocycles. The Labute approximate surface area is 144 Å². The van der Waals surface area contributed by atoms with E-state index in [1.54, 1.807) is 0 Å². The number of carbonyl (C=O) groups is 2. The Morgan fingerprint density at radius 2 is 2.04 bits per heavy atom. The standard InChI is InChI=1S/C16H20N4O3S/c1-10(2)18-13(21)8-17-14(22)9-24-16-20-19-15(23-16)12-6-4-5-11(3)7-12/h4-7,10H,8-9H2,1-3H3,(H,17,22)(H,18,21). The third kappa shape index (κ3) is 5.69. The molecule has 2 aromatic rings. The Balaban J connectivity index is 1.80. The van der Waals surface area contributed by atoms with Crippen LogP contribution in [0.15, 0.2) is 33.9 Å². The van der Waals surface area contributed by atoms with Gasteiger partial charge >= 0.3 is 0 Å². The van der Waals surface area contributed by atoms with Gasteiger partial charge in [-0.05, 0) is 32.9 Å². The fourth-order valence-electron chi connectivity index (χ4n) is 1.89. The predicted octanol–water partition coefficient (Wildman–Crippen LogP) is 1.78. The van der Waals surface area contributed by atoms with E-state index in [9.17, 15) is 9.59 Å². The van der Waals surface area contributed by atoms with E-state index in [-0.39, 0.29) is 30.2 Å². The van der Waals surface area contributed by atoms with E-state index >= 15 is 0 Å². The fraction of sp³-hybridized carbons (Fsp3) is 0.375. The molecule has 2 N–H and O–H groups in total. The van der Waals surface area contributed by atoms with Crippen molar-refractivity contribution in [3.63, 3.8) is 0 Å². The number of aromatic nitrogens is 2. The summed E-state index contributed by atoms with van der Waals surface area (Å²) in [7, 11) is 0. The number of aryl methyl sites for hydroxylation is 1. The Kier molecular flexibility index (Phi) is 6.36. The summed E-state index contributed by atoms with van der Waals surface area (Å²) in [4.78, 5) is 23.2. The number of carbonyl (C=O) groups excluding carboxylic acids is 2. The van der Waals surface area contributed by atoms with Gasteiger partial charge in [-0.25, -0.2) is 0 Å². The van der Waals surface area contributed by atoms with Gasteiger partial charge in [0.15, 0.2) is 0 Å². The summed E-state index contributed by atoms with van der Waals surface area (Å²) in [5, 5.41) is 13.4. The maximum atomic E-state index is 11.7. The molecule has 0 radical (unpaired) electrons. The van der Waals surface area contributed by atoms with E-state index in [1.165, 1.54) is 0 Å². The summed E-state index contributed by atoms with van der Waals surface area (Å²) in [6.07, 6.45) is 0. The Hall–Kier alpha value is -2.35. The number of hydrogen-bond acceptors (Lipinski definition) is 6. The lowest BCUT2D eigenvalue weighted by Crippen LogP contribution is -2.40. The highest BCUT2D eigenvalue weighted by Gasteiger charge is 2.12. The van der Waals surface area contributed by atoms with Crippen molar-refractivity contribution in [1.82, 2.24) is 20.8 Å². The zero-order valence-corrected chi connectivity index (χ0v) is 14.6. The average Bonchev–Trinajstić information content (AvgIpc) is 2.99. The third-order valence-electron chi connectivity index (χ3n) is 2.89. The highest BCUT2D eigenvalue weighted by atomic mass is 32.2. The quantitative estimate of drug-likeness (QED) is 0.740. The maximum Gasteiger partial charge on any atom is 0.277 e. The van der Waals surface area contributed by atoms with E-state index in [2.05, 4.69) is 20.8 Å². The summed E-state index contributed by atoms with van der Waals surface area (Å²) < 4.78 is 5.53. The van der Waals surface area contributed by atoms with Gasteiger partial charge in [-0.1, -0.05) is 29.5 Å². The van der Waals surface area contributed by atoms with Crippen molar-refractivity contribution < 1.29 is 14.0 Å². The molecule has 128 valence electrons. The Morgan fingerprint density at radius 1 is 1.25 bits per heavy atom. The molecule has 0 aliphatic rings. The number of benzene rings is 1. The summed E-state index contributed by atoms with van der Waals surface area (Å²) in [5.74, 6) is 0.0275. The van der Waals surface area contributed by atoms with Gasteiger partial charge in [0.1, 0.15) is 0 Å². The first-order valence-electron chi connectivity index (χ1n) is 7.53. The molecule has 0 fully saturated rings. The van der Waals surface area contributed by atoms with E-state index in [0.29, 0.717) is 11.1 Å². The van der Waals surface area contributed by atoms with Crippen LogP contribution in [0.3, 0.4) is 0 Å². The van der Waals surface area contributed by atoms with Crippen LogP contribution in [0.1, 0.15) is 19.4 Å². The minimum absolute atomic E-state index is 0.0437. The maximum absolute atomic E-state index is 11.7. The van der Waals surface area contributed by atoms with Gasteiger partial charge in [-0.3, -0.25) is 9.59 Å². The normalized spacial score (nSPS) is 10.7. The highest BCUT2D eigenvalue weighted by Crippen LogP contribution is 2.23. The second kappa shape index (κ2) is 8.49. The number of nitrogens with zero attached hydrogens (tertiary/aromatic N) is 2. The first kappa shape index (κ1) is 18.0. The van der Waals surface area contributed by atoms with Gasteiger partial charge in [-0.15, -0.1) is 10.2 Å². The summed E-state index contributed by atoms with van der Waals surface area (Å²) >= 11 is 1.13. The SMILES string of the molecule is Cc1cccc(-c2nnc(SCC(=O)NCC(=O)NC(C)C)o2)c1. The second-order valence-electron chi connectivity index (χ2n) is 5.53. The van der Waals surface area contributed by atoms with Crippen LogP contribution in [0.5, 0.6) is 0 Å². The van der Waals surface area contributed by atoms with E-state index < -0.39 is 0 Å². The first-order chi connectivity index (χ1) is 11.4. The fourth-order valence-corrected chi connectivity index (χ4v) is 2.49. The number of amides is 2. The van der Waals surface area contributed by atoms with Crippen molar-refractivity contribution in [3.8, 4) is 11.5 Å². The van der Waals surface area contributed by atoms with E-state index in [0.717, 1.165) is 22.9 Å². The van der Waals surface area contributed by atoms with Crippen molar-refractivity contribution in [2.45, 2.75) is 32.0 Å². The molecule has 0 spiro atoms. The third-order valence-corrected chi connectivity index (χ3v) is 3.71. The number of thioether (sulfide) groups is 1. The lowest BCUT2D eigenvalue weighted by atomic mass is 10.1. The Bertz CT molecular complexity index is 715. The molecule has 1 heterocycles. The van der Waals surface area contributed by atoms with Gasteiger partial charge in [0.25, 0.3) is 5.22 Å². The molecule has 0 aliphatic carbocycles. The van der Waals surface area contributed by atoms with Gasteiger partial charge in [0.05, 0.1) is 12.3 Å². The van der Waals surface area contributed by atoms with Crippen LogP contribution in [0.4, 0.5) is 0 Å². The van der Waals surface area contributed by atoms with Crippen LogP contribution in [-0.2, 0) is 9.59 Å². The van der Waals surface area contributed by atoms with Crippen LogP contribution < -0.4 is 10.6 Å². The van der Waals surface area contributed by atoms with Crippen molar-refractivity contribution in [2.24, 2.45) is 0 Å². The lowest BCUT2D eigenvalue weighted by Gasteiger charge is -2.08. The van der Waals surface area contributed by atoms with Crippen LogP contribution in [0, 0.1) is 6.92 Å². The van der Waals surface area contributed by atoms with Crippen molar-refractivity contribution in [3.05, 3.63) is 29.8 Å². The molecular weight excluding hydrogens is 328 g/mol. The molecule has 1 aromatic carbocycles.